The van der Waals surface area contributed by atoms with Crippen molar-refractivity contribution in [3.63, 3.8) is 0 Å². The van der Waals surface area contributed by atoms with E-state index in [1.807, 2.05) is 7.05 Å². The molecule has 20 heavy (non-hydrogen) atoms. The van der Waals surface area contributed by atoms with Crippen LogP contribution in [-0.4, -0.2) is 47.5 Å². The van der Waals surface area contributed by atoms with Crippen LogP contribution < -0.4 is 11.1 Å². The lowest BCUT2D eigenvalue weighted by Gasteiger charge is -2.40. The maximum absolute atomic E-state index is 12.3. The van der Waals surface area contributed by atoms with Gasteiger partial charge in [-0.15, -0.1) is 0 Å². The van der Waals surface area contributed by atoms with Gasteiger partial charge in [0.25, 0.3) is 5.91 Å². The molecule has 110 valence electrons. The molecule has 0 saturated carbocycles. The highest BCUT2D eigenvalue weighted by Gasteiger charge is 2.40. The van der Waals surface area contributed by atoms with Crippen molar-refractivity contribution in [1.29, 1.82) is 0 Å². The first-order valence-electron chi connectivity index (χ1n) is 6.52. The summed E-state index contributed by atoms with van der Waals surface area (Å²) in [4.78, 5) is 14.5. The lowest BCUT2D eigenvalue weighted by molar-refractivity contribution is 0.0885. The van der Waals surface area contributed by atoms with Crippen LogP contribution in [0.1, 0.15) is 29.0 Å². The van der Waals surface area contributed by atoms with Gasteiger partial charge in [0.05, 0.1) is 11.8 Å². The molecule has 1 aromatic heterocycles. The quantitative estimate of drug-likeness (QED) is 0.324. The molecule has 2 heterocycles. The van der Waals surface area contributed by atoms with Crippen molar-refractivity contribution in [3.8, 4) is 0 Å². The van der Waals surface area contributed by atoms with Crippen molar-refractivity contribution >= 4 is 11.7 Å². The Morgan fingerprint density at radius 1 is 1.55 bits per heavy atom. The Balaban J connectivity index is 2.21. The van der Waals surface area contributed by atoms with Crippen molar-refractivity contribution in [2.75, 3.05) is 20.1 Å². The van der Waals surface area contributed by atoms with E-state index in [-0.39, 0.29) is 11.7 Å². The zero-order chi connectivity index (χ0) is 14.8. The summed E-state index contributed by atoms with van der Waals surface area (Å²) in [7, 11) is 2.00. The number of nitrogens with zero attached hydrogens (tertiary/aromatic N) is 2. The molecule has 0 aromatic carbocycles. The zero-order valence-corrected chi connectivity index (χ0v) is 11.7. The van der Waals surface area contributed by atoms with Crippen LogP contribution in [0.5, 0.6) is 0 Å². The molecular formula is C13H20N4O3. The maximum atomic E-state index is 12.3. The first kappa shape index (κ1) is 14.4. The van der Waals surface area contributed by atoms with Gasteiger partial charge in [0, 0.05) is 13.1 Å². The molecule has 0 bridgehead atoms. The minimum atomic E-state index is -0.804. The maximum Gasteiger partial charge on any atom is 0.255 e. The highest BCUT2D eigenvalue weighted by Crippen LogP contribution is 2.23. The second-order valence-corrected chi connectivity index (χ2v) is 5.22. The van der Waals surface area contributed by atoms with Crippen LogP contribution in [-0.2, 0) is 0 Å². The van der Waals surface area contributed by atoms with E-state index in [0.717, 1.165) is 13.1 Å². The highest BCUT2D eigenvalue weighted by molar-refractivity contribution is 6.00. The molecular weight excluding hydrogens is 260 g/mol. The van der Waals surface area contributed by atoms with Crippen LogP contribution in [0.15, 0.2) is 21.9 Å². The summed E-state index contributed by atoms with van der Waals surface area (Å²) in [6.07, 6.45) is 2.67. The molecule has 7 heteroatoms. The van der Waals surface area contributed by atoms with E-state index in [0.29, 0.717) is 24.2 Å². The van der Waals surface area contributed by atoms with Crippen molar-refractivity contribution in [2.45, 2.75) is 25.3 Å². The number of nitrogens with two attached hydrogens (primary N) is 1. The van der Waals surface area contributed by atoms with Crippen molar-refractivity contribution in [2.24, 2.45) is 10.9 Å². The number of amidine groups is 1. The van der Waals surface area contributed by atoms with Gasteiger partial charge < -0.3 is 25.6 Å². The summed E-state index contributed by atoms with van der Waals surface area (Å²) < 4.78 is 5.13. The van der Waals surface area contributed by atoms with Gasteiger partial charge >= 0.3 is 0 Å². The predicted octanol–water partition coefficient (Wildman–Crippen LogP) is 0.529. The summed E-state index contributed by atoms with van der Waals surface area (Å²) in [5.74, 6) is 0.317. The molecule has 1 aliphatic heterocycles. The monoisotopic (exact) mass is 280 g/mol. The molecule has 0 unspecified atom stereocenters. The zero-order valence-electron chi connectivity index (χ0n) is 11.7. The van der Waals surface area contributed by atoms with Crippen LogP contribution >= 0.6 is 0 Å². The Morgan fingerprint density at radius 3 is 2.70 bits per heavy atom. The van der Waals surface area contributed by atoms with Crippen LogP contribution in [0.2, 0.25) is 0 Å². The number of carbonyl (C=O) groups is 1. The number of hydrogen-bond donors (Lipinski definition) is 3. The third-order valence-corrected chi connectivity index (χ3v) is 3.89. The smallest absolute Gasteiger partial charge is 0.255 e. The number of carbonyl (C=O) groups excluding carboxylic acids is 1. The molecule has 0 radical (unpaired) electrons. The Bertz CT molecular complexity index is 515. The van der Waals surface area contributed by atoms with Crippen LogP contribution in [0.25, 0.3) is 0 Å². The summed E-state index contributed by atoms with van der Waals surface area (Å²) in [6, 6.07) is 1.61. The Kier molecular flexibility index (Phi) is 3.99. The fraction of sp³-hybridized carbons (Fsp3) is 0.538. The average molecular weight is 280 g/mol. The van der Waals surface area contributed by atoms with Crippen molar-refractivity contribution in [3.05, 3.63) is 23.7 Å². The number of amides is 1. The van der Waals surface area contributed by atoms with Crippen LogP contribution in [0, 0.1) is 6.92 Å². The van der Waals surface area contributed by atoms with E-state index < -0.39 is 5.54 Å². The van der Waals surface area contributed by atoms with Crippen molar-refractivity contribution in [1.82, 2.24) is 10.2 Å². The SMILES string of the molecule is Cc1occc1C(=O)NC1(/C(N)=N/O)CCN(C)CC1. The number of likely N-dealkylation sites (tertiary alicyclic amines) is 1. The molecule has 7 nitrogen and oxygen atoms in total. The molecule has 1 fully saturated rings. The van der Waals surface area contributed by atoms with E-state index >= 15 is 0 Å². The Morgan fingerprint density at radius 2 is 2.20 bits per heavy atom. The van der Waals surface area contributed by atoms with Crippen molar-refractivity contribution < 1.29 is 14.4 Å². The van der Waals surface area contributed by atoms with Gasteiger partial charge in [-0.05, 0) is 32.9 Å². The Hall–Kier alpha value is -2.02. The number of aryl methyl sites for hydroxylation is 1. The molecule has 4 N–H and O–H groups in total. The predicted molar refractivity (Wildman–Crippen MR) is 73.8 cm³/mol. The third-order valence-electron chi connectivity index (χ3n) is 3.89. The topological polar surface area (TPSA) is 104 Å². The fourth-order valence-electron chi connectivity index (χ4n) is 2.45. The van der Waals surface area contributed by atoms with Crippen LogP contribution in [0.4, 0.5) is 0 Å². The lowest BCUT2D eigenvalue weighted by atomic mass is 9.86. The fourth-order valence-corrected chi connectivity index (χ4v) is 2.45. The normalized spacial score (nSPS) is 19.8. The highest BCUT2D eigenvalue weighted by atomic mass is 16.4. The van der Waals surface area contributed by atoms with E-state index in [9.17, 15) is 4.79 Å². The van der Waals surface area contributed by atoms with Gasteiger partial charge in [0.1, 0.15) is 11.3 Å². The number of oxime groups is 1. The van der Waals surface area contributed by atoms with Gasteiger partial charge in [0.15, 0.2) is 5.84 Å². The van der Waals surface area contributed by atoms with Crippen LogP contribution in [0.3, 0.4) is 0 Å². The first-order chi connectivity index (χ1) is 9.48. The van der Waals surface area contributed by atoms with Gasteiger partial charge in [0.2, 0.25) is 0 Å². The average Bonchev–Trinajstić information content (AvgIpc) is 2.87. The molecule has 0 spiro atoms. The van der Waals surface area contributed by atoms with E-state index in [4.69, 9.17) is 15.4 Å². The number of hydrogen-bond acceptors (Lipinski definition) is 5. The molecule has 0 atom stereocenters. The lowest BCUT2D eigenvalue weighted by Crippen LogP contribution is -2.62. The second kappa shape index (κ2) is 5.54. The van der Waals surface area contributed by atoms with Gasteiger partial charge in [-0.25, -0.2) is 0 Å². The largest absolute Gasteiger partial charge is 0.469 e. The second-order valence-electron chi connectivity index (χ2n) is 5.22. The third kappa shape index (κ3) is 2.62. The summed E-state index contributed by atoms with van der Waals surface area (Å²) >= 11 is 0. The number of nitrogens with one attached hydrogen (secondary N) is 1. The Labute approximate surface area is 117 Å². The molecule has 1 aliphatic rings. The summed E-state index contributed by atoms with van der Waals surface area (Å²) in [5, 5.41) is 15.0. The van der Waals surface area contributed by atoms with Gasteiger partial charge in [-0.3, -0.25) is 4.79 Å². The molecule has 0 aliphatic carbocycles. The van der Waals surface area contributed by atoms with Gasteiger partial charge in [-0.2, -0.15) is 0 Å². The van der Waals surface area contributed by atoms with E-state index in [2.05, 4.69) is 15.4 Å². The number of furan rings is 1. The first-order valence-corrected chi connectivity index (χ1v) is 6.52. The summed E-state index contributed by atoms with van der Waals surface area (Å²) in [6.45, 7) is 3.25. The molecule has 1 saturated heterocycles. The summed E-state index contributed by atoms with van der Waals surface area (Å²) in [5.41, 5.74) is 5.47. The van der Waals surface area contributed by atoms with E-state index in [1.54, 1.807) is 13.0 Å². The number of piperidine rings is 1. The standard InChI is InChI=1S/C13H20N4O3/c1-9-10(3-8-20-9)11(18)15-13(12(14)16-19)4-6-17(2)7-5-13/h3,8,19H,4-7H2,1-2H3,(H2,14,16)(H,15,18). The minimum Gasteiger partial charge on any atom is -0.469 e. The van der Waals surface area contributed by atoms with Gasteiger partial charge in [-0.1, -0.05) is 5.16 Å². The molecule has 1 amide bonds. The number of rotatable bonds is 3. The van der Waals surface area contributed by atoms with E-state index in [1.165, 1.54) is 6.26 Å². The molecule has 1 aromatic rings. The molecule has 2 rings (SSSR count). The minimum absolute atomic E-state index is 0.0418.